The first kappa shape index (κ1) is 14.0. The third kappa shape index (κ3) is 2.21. The van der Waals surface area contributed by atoms with Crippen molar-refractivity contribution < 1.29 is 0 Å². The van der Waals surface area contributed by atoms with Gasteiger partial charge in [0.05, 0.1) is 11.9 Å². The average Bonchev–Trinajstić information content (AvgIpc) is 3.12. The highest BCUT2D eigenvalue weighted by atomic mass is 16.1. The zero-order valence-electron chi connectivity index (χ0n) is 13.2. The molecule has 1 saturated heterocycles. The molecule has 0 bridgehead atoms. The summed E-state index contributed by atoms with van der Waals surface area (Å²) >= 11 is 0. The molecule has 1 aliphatic rings. The van der Waals surface area contributed by atoms with Crippen molar-refractivity contribution in [2.45, 2.75) is 38.8 Å². The molecule has 2 aromatic heterocycles. The van der Waals surface area contributed by atoms with Gasteiger partial charge >= 0.3 is 0 Å². The third-order valence-corrected chi connectivity index (χ3v) is 4.62. The minimum Gasteiger partial charge on any atom is -0.337 e. The third-order valence-electron chi connectivity index (χ3n) is 4.62. The van der Waals surface area contributed by atoms with Crippen LogP contribution >= 0.6 is 0 Å². The molecule has 2 atom stereocenters. The van der Waals surface area contributed by atoms with Gasteiger partial charge in [-0.25, -0.2) is 4.68 Å². The summed E-state index contributed by atoms with van der Waals surface area (Å²) < 4.78 is 1.72. The molecular weight excluding hydrogens is 290 g/mol. The summed E-state index contributed by atoms with van der Waals surface area (Å²) in [6, 6.07) is 10.5. The number of para-hydroxylation sites is 1. The number of aromatic amines is 1. The van der Waals surface area contributed by atoms with Gasteiger partial charge in [0.15, 0.2) is 5.65 Å². The number of rotatable bonds is 2. The molecule has 0 saturated carbocycles. The SMILES string of the molecule is CC1CCC(C)N1c1nc2c(cnn2-c2ccccc2)c(=O)[nH]1. The number of hydrogen-bond donors (Lipinski definition) is 1. The molecule has 2 unspecified atom stereocenters. The predicted octanol–water partition coefficient (Wildman–Crippen LogP) is 2.49. The maximum atomic E-state index is 12.4. The van der Waals surface area contributed by atoms with Crippen molar-refractivity contribution >= 4 is 17.0 Å². The van der Waals surface area contributed by atoms with E-state index in [2.05, 4.69) is 28.8 Å². The average molecular weight is 309 g/mol. The summed E-state index contributed by atoms with van der Waals surface area (Å²) in [5.41, 5.74) is 1.36. The van der Waals surface area contributed by atoms with Gasteiger partial charge in [-0.1, -0.05) is 18.2 Å². The standard InChI is InChI=1S/C17H19N5O/c1-11-8-9-12(2)21(11)17-19-15-14(16(23)20-17)10-18-22(15)13-6-4-3-5-7-13/h3-7,10-12H,8-9H2,1-2H3,(H,19,20,23). The summed E-state index contributed by atoms with van der Waals surface area (Å²) in [7, 11) is 0. The van der Waals surface area contributed by atoms with E-state index < -0.39 is 0 Å². The largest absolute Gasteiger partial charge is 0.337 e. The van der Waals surface area contributed by atoms with E-state index in [1.165, 1.54) is 0 Å². The molecule has 1 aromatic carbocycles. The number of fused-ring (bicyclic) bond motifs is 1. The second-order valence-corrected chi connectivity index (χ2v) is 6.20. The van der Waals surface area contributed by atoms with Crippen molar-refractivity contribution in [3.8, 4) is 5.69 Å². The topological polar surface area (TPSA) is 66.8 Å². The Kier molecular flexibility index (Phi) is 3.18. The lowest BCUT2D eigenvalue weighted by Crippen LogP contribution is -2.35. The Balaban J connectivity index is 1.91. The van der Waals surface area contributed by atoms with Crippen molar-refractivity contribution in [3.63, 3.8) is 0 Å². The highest BCUT2D eigenvalue weighted by molar-refractivity contribution is 5.76. The van der Waals surface area contributed by atoms with Gasteiger partial charge in [0.1, 0.15) is 5.39 Å². The first-order valence-corrected chi connectivity index (χ1v) is 7.97. The predicted molar refractivity (Wildman–Crippen MR) is 90.1 cm³/mol. The van der Waals surface area contributed by atoms with Crippen LogP contribution in [0, 0.1) is 0 Å². The van der Waals surface area contributed by atoms with Crippen molar-refractivity contribution in [2.75, 3.05) is 4.90 Å². The molecule has 0 radical (unpaired) electrons. The minimum atomic E-state index is -0.140. The van der Waals surface area contributed by atoms with Crippen LogP contribution in [0.5, 0.6) is 0 Å². The fraction of sp³-hybridized carbons (Fsp3) is 0.353. The quantitative estimate of drug-likeness (QED) is 0.790. The fourth-order valence-electron chi connectivity index (χ4n) is 3.40. The summed E-state index contributed by atoms with van der Waals surface area (Å²) in [6.45, 7) is 4.34. The smallest absolute Gasteiger partial charge is 0.263 e. The van der Waals surface area contributed by atoms with Crippen molar-refractivity contribution in [3.05, 3.63) is 46.9 Å². The van der Waals surface area contributed by atoms with Crippen LogP contribution in [0.2, 0.25) is 0 Å². The first-order valence-electron chi connectivity index (χ1n) is 7.97. The lowest BCUT2D eigenvalue weighted by Gasteiger charge is -2.26. The summed E-state index contributed by atoms with van der Waals surface area (Å²) in [5, 5.41) is 4.86. The first-order chi connectivity index (χ1) is 11.1. The van der Waals surface area contributed by atoms with Gasteiger partial charge in [0, 0.05) is 12.1 Å². The Bertz CT molecular complexity index is 888. The Hall–Kier alpha value is -2.63. The van der Waals surface area contributed by atoms with E-state index in [0.717, 1.165) is 18.5 Å². The molecule has 0 amide bonds. The Morgan fingerprint density at radius 3 is 2.52 bits per heavy atom. The van der Waals surface area contributed by atoms with Crippen molar-refractivity contribution in [1.82, 2.24) is 19.7 Å². The number of nitrogens with zero attached hydrogens (tertiary/aromatic N) is 4. The van der Waals surface area contributed by atoms with Crippen molar-refractivity contribution in [2.24, 2.45) is 0 Å². The summed E-state index contributed by atoms with van der Waals surface area (Å²) in [5.74, 6) is 0.637. The van der Waals surface area contributed by atoms with Crippen molar-refractivity contribution in [1.29, 1.82) is 0 Å². The molecule has 3 heterocycles. The number of H-pyrrole nitrogens is 1. The number of nitrogens with one attached hydrogen (secondary N) is 1. The zero-order valence-corrected chi connectivity index (χ0v) is 13.2. The second-order valence-electron chi connectivity index (χ2n) is 6.20. The number of anilines is 1. The zero-order chi connectivity index (χ0) is 16.0. The molecule has 6 nitrogen and oxygen atoms in total. The van der Waals surface area contributed by atoms with E-state index in [0.29, 0.717) is 29.1 Å². The molecule has 23 heavy (non-hydrogen) atoms. The maximum Gasteiger partial charge on any atom is 0.263 e. The summed E-state index contributed by atoms with van der Waals surface area (Å²) in [4.78, 5) is 22.3. The lowest BCUT2D eigenvalue weighted by atomic mass is 10.2. The molecule has 0 aliphatic carbocycles. The molecule has 6 heteroatoms. The molecule has 118 valence electrons. The molecule has 1 aliphatic heterocycles. The van der Waals surface area contributed by atoms with Gasteiger partial charge in [-0.05, 0) is 38.8 Å². The van der Waals surface area contributed by atoms with Gasteiger partial charge in [-0.15, -0.1) is 0 Å². The monoisotopic (exact) mass is 309 g/mol. The van der Waals surface area contributed by atoms with E-state index in [1.807, 2.05) is 30.3 Å². The minimum absolute atomic E-state index is 0.140. The van der Waals surface area contributed by atoms with Gasteiger partial charge in [0.2, 0.25) is 5.95 Å². The Labute approximate surface area is 133 Å². The molecule has 1 fully saturated rings. The molecular formula is C17H19N5O. The molecule has 3 aromatic rings. The van der Waals surface area contributed by atoms with E-state index in [9.17, 15) is 4.79 Å². The fourth-order valence-corrected chi connectivity index (χ4v) is 3.40. The van der Waals surface area contributed by atoms with E-state index >= 15 is 0 Å². The molecule has 1 N–H and O–H groups in total. The van der Waals surface area contributed by atoms with Crippen LogP contribution in [0.4, 0.5) is 5.95 Å². The normalized spacial score (nSPS) is 21.2. The lowest BCUT2D eigenvalue weighted by molar-refractivity contribution is 0.670. The Morgan fingerprint density at radius 2 is 1.83 bits per heavy atom. The van der Waals surface area contributed by atoms with E-state index in [-0.39, 0.29) is 5.56 Å². The molecule has 4 rings (SSSR count). The number of hydrogen-bond acceptors (Lipinski definition) is 4. The van der Waals surface area contributed by atoms with Gasteiger partial charge in [0.25, 0.3) is 5.56 Å². The number of benzene rings is 1. The maximum absolute atomic E-state index is 12.4. The van der Waals surface area contributed by atoms with E-state index in [1.54, 1.807) is 10.9 Å². The number of aromatic nitrogens is 4. The van der Waals surface area contributed by atoms with Crippen LogP contribution in [0.1, 0.15) is 26.7 Å². The highest BCUT2D eigenvalue weighted by Crippen LogP contribution is 2.28. The Morgan fingerprint density at radius 1 is 1.13 bits per heavy atom. The van der Waals surface area contributed by atoms with Crippen LogP contribution in [-0.2, 0) is 0 Å². The van der Waals surface area contributed by atoms with Gasteiger partial charge in [-0.3, -0.25) is 9.78 Å². The van der Waals surface area contributed by atoms with Gasteiger partial charge in [-0.2, -0.15) is 10.1 Å². The second kappa shape index (κ2) is 5.22. The summed E-state index contributed by atoms with van der Waals surface area (Å²) in [6.07, 6.45) is 3.80. The van der Waals surface area contributed by atoms with Crippen LogP contribution < -0.4 is 10.5 Å². The van der Waals surface area contributed by atoms with Gasteiger partial charge < -0.3 is 4.90 Å². The highest BCUT2D eigenvalue weighted by Gasteiger charge is 2.29. The van der Waals surface area contributed by atoms with Crippen LogP contribution in [0.25, 0.3) is 16.7 Å². The van der Waals surface area contributed by atoms with Crippen LogP contribution in [0.3, 0.4) is 0 Å². The molecule has 0 spiro atoms. The van der Waals surface area contributed by atoms with Crippen LogP contribution in [0.15, 0.2) is 41.3 Å². The van der Waals surface area contributed by atoms with Crippen LogP contribution in [-0.4, -0.2) is 31.8 Å². The van der Waals surface area contributed by atoms with E-state index in [4.69, 9.17) is 4.98 Å².